The first-order valence-electron chi connectivity index (χ1n) is 12.7. The van der Waals surface area contributed by atoms with Crippen molar-refractivity contribution in [3.63, 3.8) is 0 Å². The Kier molecular flexibility index (Phi) is 6.61. The molecule has 33 heavy (non-hydrogen) atoms. The second-order valence-electron chi connectivity index (χ2n) is 9.81. The van der Waals surface area contributed by atoms with Gasteiger partial charge in [-0.25, -0.2) is 4.98 Å². The van der Waals surface area contributed by atoms with Crippen LogP contribution in [-0.2, 0) is 4.79 Å². The summed E-state index contributed by atoms with van der Waals surface area (Å²) in [5.74, 6) is 1.41. The van der Waals surface area contributed by atoms with Gasteiger partial charge in [-0.3, -0.25) is 4.79 Å². The Morgan fingerprint density at radius 1 is 0.939 bits per heavy atom. The molecule has 2 aliphatic rings. The maximum absolute atomic E-state index is 14.0. The topological polar surface area (TPSA) is 46.9 Å². The molecule has 0 radical (unpaired) electrons. The highest BCUT2D eigenvalue weighted by molar-refractivity contribution is 5.87. The molecule has 0 spiro atoms. The number of nitrogens with zero attached hydrogens (tertiary/aromatic N) is 2. The highest BCUT2D eigenvalue weighted by Crippen LogP contribution is 2.38. The van der Waals surface area contributed by atoms with E-state index in [0.29, 0.717) is 12.0 Å². The maximum atomic E-state index is 14.0. The standard InChI is InChI=1S/C29H35N3O/c1-2-21-17-19-23(20-18-21)28-31-25-15-9-10-16-26(25)32(28)27(22-11-5-3-6-12-22)29(33)30-24-13-7-4-8-14-24/h2,9-10,15-20,22,24,27H,1,3-8,11-14H2,(H,30,33). The lowest BCUT2D eigenvalue weighted by Gasteiger charge is -2.33. The second-order valence-corrected chi connectivity index (χ2v) is 9.81. The van der Waals surface area contributed by atoms with Crippen molar-refractivity contribution in [2.75, 3.05) is 0 Å². The lowest BCUT2D eigenvalue weighted by molar-refractivity contribution is -0.127. The van der Waals surface area contributed by atoms with E-state index in [1.807, 2.05) is 12.1 Å². The predicted octanol–water partition coefficient (Wildman–Crippen LogP) is 6.92. The number of amides is 1. The molecule has 0 bridgehead atoms. The van der Waals surface area contributed by atoms with Crippen LogP contribution in [0.2, 0.25) is 0 Å². The Morgan fingerprint density at radius 2 is 1.61 bits per heavy atom. The number of hydrogen-bond donors (Lipinski definition) is 1. The molecule has 1 N–H and O–H groups in total. The van der Waals surface area contributed by atoms with E-state index in [1.54, 1.807) is 0 Å². The van der Waals surface area contributed by atoms with Crippen molar-refractivity contribution in [1.29, 1.82) is 0 Å². The van der Waals surface area contributed by atoms with Crippen molar-refractivity contribution in [3.8, 4) is 11.4 Å². The van der Waals surface area contributed by atoms with E-state index in [4.69, 9.17) is 4.98 Å². The van der Waals surface area contributed by atoms with Gasteiger partial charge in [0.05, 0.1) is 11.0 Å². The molecule has 4 heteroatoms. The van der Waals surface area contributed by atoms with Crippen molar-refractivity contribution in [3.05, 3.63) is 60.7 Å². The molecule has 1 amide bonds. The minimum atomic E-state index is -0.228. The molecular formula is C29H35N3O. The lowest BCUT2D eigenvalue weighted by atomic mass is 9.82. The largest absolute Gasteiger partial charge is 0.352 e. The van der Waals surface area contributed by atoms with Crippen molar-refractivity contribution < 1.29 is 4.79 Å². The van der Waals surface area contributed by atoms with E-state index in [0.717, 1.165) is 53.7 Å². The summed E-state index contributed by atoms with van der Waals surface area (Å²) in [7, 11) is 0. The third-order valence-electron chi connectivity index (χ3n) is 7.60. The number of aromatic nitrogens is 2. The van der Waals surface area contributed by atoms with Gasteiger partial charge in [-0.05, 0) is 49.3 Å². The Morgan fingerprint density at radius 3 is 2.30 bits per heavy atom. The first kappa shape index (κ1) is 21.9. The van der Waals surface area contributed by atoms with E-state index >= 15 is 0 Å². The molecule has 1 heterocycles. The van der Waals surface area contributed by atoms with Crippen LogP contribution >= 0.6 is 0 Å². The summed E-state index contributed by atoms with van der Waals surface area (Å²) in [4.78, 5) is 19.0. The number of fused-ring (bicyclic) bond motifs is 1. The van der Waals surface area contributed by atoms with Crippen LogP contribution in [0.4, 0.5) is 0 Å². The average molecular weight is 442 g/mol. The minimum absolute atomic E-state index is 0.181. The van der Waals surface area contributed by atoms with Crippen LogP contribution in [0.1, 0.15) is 75.8 Å². The molecular weight excluding hydrogens is 406 g/mol. The van der Waals surface area contributed by atoms with Crippen LogP contribution in [0.25, 0.3) is 28.5 Å². The summed E-state index contributed by atoms with van der Waals surface area (Å²) < 4.78 is 2.26. The molecule has 4 nitrogen and oxygen atoms in total. The van der Waals surface area contributed by atoms with Gasteiger partial charge in [0.25, 0.3) is 0 Å². The Labute approximate surface area is 197 Å². The normalized spacial score (nSPS) is 18.8. The van der Waals surface area contributed by atoms with Crippen molar-refractivity contribution in [1.82, 2.24) is 14.9 Å². The number of nitrogens with one attached hydrogen (secondary N) is 1. The van der Waals surface area contributed by atoms with Crippen LogP contribution in [-0.4, -0.2) is 21.5 Å². The number of benzene rings is 2. The number of para-hydroxylation sites is 2. The fourth-order valence-electron chi connectivity index (χ4n) is 5.82. The number of imidazole rings is 1. The Bertz CT molecular complexity index is 1100. The summed E-state index contributed by atoms with van der Waals surface area (Å²) in [6.07, 6.45) is 13.7. The molecule has 0 aliphatic heterocycles. The summed E-state index contributed by atoms with van der Waals surface area (Å²) >= 11 is 0. The van der Waals surface area contributed by atoms with Gasteiger partial charge in [-0.1, -0.05) is 87.6 Å². The SMILES string of the molecule is C=Cc1ccc(-c2nc3ccccc3n2C(C(=O)NC2CCCCC2)C2CCCCC2)cc1. The summed E-state index contributed by atoms with van der Waals surface area (Å²) in [6, 6.07) is 16.7. The fraction of sp³-hybridized carbons (Fsp3) is 0.448. The molecule has 172 valence electrons. The average Bonchev–Trinajstić information content (AvgIpc) is 3.25. The second kappa shape index (κ2) is 9.94. The van der Waals surface area contributed by atoms with Crippen molar-refractivity contribution in [2.24, 2.45) is 5.92 Å². The molecule has 5 rings (SSSR count). The highest BCUT2D eigenvalue weighted by atomic mass is 16.2. The van der Waals surface area contributed by atoms with E-state index in [-0.39, 0.29) is 11.9 Å². The molecule has 2 fully saturated rings. The van der Waals surface area contributed by atoms with Crippen molar-refractivity contribution in [2.45, 2.75) is 76.3 Å². The van der Waals surface area contributed by atoms with Crippen LogP contribution in [0.15, 0.2) is 55.1 Å². The Hall–Kier alpha value is -2.88. The molecule has 2 aliphatic carbocycles. The number of carbonyl (C=O) groups is 1. The third-order valence-corrected chi connectivity index (χ3v) is 7.60. The monoisotopic (exact) mass is 441 g/mol. The number of hydrogen-bond acceptors (Lipinski definition) is 2. The van der Waals surface area contributed by atoms with Crippen LogP contribution in [0, 0.1) is 5.92 Å². The summed E-state index contributed by atoms with van der Waals surface area (Å²) in [6.45, 7) is 3.88. The van der Waals surface area contributed by atoms with Gasteiger partial charge in [-0.15, -0.1) is 0 Å². The first-order chi connectivity index (χ1) is 16.2. The molecule has 0 saturated heterocycles. The van der Waals surface area contributed by atoms with Gasteiger partial charge in [0.2, 0.25) is 5.91 Å². The zero-order valence-electron chi connectivity index (χ0n) is 19.5. The minimum Gasteiger partial charge on any atom is -0.352 e. The summed E-state index contributed by atoms with van der Waals surface area (Å²) in [5, 5.41) is 3.47. The quantitative estimate of drug-likeness (QED) is 0.451. The van der Waals surface area contributed by atoms with E-state index < -0.39 is 0 Å². The van der Waals surface area contributed by atoms with Gasteiger partial charge in [0.1, 0.15) is 11.9 Å². The zero-order valence-corrected chi connectivity index (χ0v) is 19.5. The third kappa shape index (κ3) is 4.62. The van der Waals surface area contributed by atoms with Gasteiger partial charge < -0.3 is 9.88 Å². The van der Waals surface area contributed by atoms with Crippen LogP contribution in [0.5, 0.6) is 0 Å². The van der Waals surface area contributed by atoms with E-state index in [1.165, 1.54) is 38.5 Å². The molecule has 3 aromatic rings. The molecule has 2 aromatic carbocycles. The van der Waals surface area contributed by atoms with Crippen LogP contribution < -0.4 is 5.32 Å². The van der Waals surface area contributed by atoms with Gasteiger partial charge >= 0.3 is 0 Å². The number of rotatable bonds is 6. The molecule has 1 unspecified atom stereocenters. The van der Waals surface area contributed by atoms with Gasteiger partial charge in [-0.2, -0.15) is 0 Å². The maximum Gasteiger partial charge on any atom is 0.243 e. The summed E-state index contributed by atoms with van der Waals surface area (Å²) in [5.41, 5.74) is 4.13. The smallest absolute Gasteiger partial charge is 0.243 e. The van der Waals surface area contributed by atoms with Gasteiger partial charge in [0.15, 0.2) is 0 Å². The van der Waals surface area contributed by atoms with Gasteiger partial charge in [0, 0.05) is 11.6 Å². The van der Waals surface area contributed by atoms with E-state index in [2.05, 4.69) is 58.9 Å². The van der Waals surface area contributed by atoms with Crippen molar-refractivity contribution >= 4 is 23.0 Å². The zero-order chi connectivity index (χ0) is 22.6. The van der Waals surface area contributed by atoms with Crippen LogP contribution in [0.3, 0.4) is 0 Å². The Balaban J connectivity index is 1.60. The molecule has 1 aromatic heterocycles. The molecule has 2 saturated carbocycles. The lowest BCUT2D eigenvalue weighted by Crippen LogP contribution is -2.43. The predicted molar refractivity (Wildman–Crippen MR) is 136 cm³/mol. The molecule has 1 atom stereocenters. The first-order valence-corrected chi connectivity index (χ1v) is 12.7. The fourth-order valence-corrected chi connectivity index (χ4v) is 5.82. The highest BCUT2D eigenvalue weighted by Gasteiger charge is 2.35. The van der Waals surface area contributed by atoms with E-state index in [9.17, 15) is 4.79 Å². The number of carbonyl (C=O) groups excluding carboxylic acids is 1.